The molecule has 0 saturated heterocycles. The molecule has 0 atom stereocenters. The SMILES string of the molecule is CCCN(O)CCc1cccc(Br)c1. The molecule has 1 N–H and O–H groups in total. The van der Waals surface area contributed by atoms with Gasteiger partial charge in [-0.05, 0) is 30.5 Å². The lowest BCUT2D eigenvalue weighted by molar-refractivity contribution is -0.0893. The van der Waals surface area contributed by atoms with Gasteiger partial charge in [-0.2, -0.15) is 5.06 Å². The Labute approximate surface area is 93.6 Å². The smallest absolute Gasteiger partial charge is 0.0278 e. The molecule has 0 radical (unpaired) electrons. The van der Waals surface area contributed by atoms with Gasteiger partial charge in [0.15, 0.2) is 0 Å². The summed E-state index contributed by atoms with van der Waals surface area (Å²) in [5.74, 6) is 0. The Morgan fingerprint density at radius 1 is 1.36 bits per heavy atom. The highest BCUT2D eigenvalue weighted by atomic mass is 79.9. The number of hydrogen-bond acceptors (Lipinski definition) is 2. The van der Waals surface area contributed by atoms with Gasteiger partial charge in [0.1, 0.15) is 0 Å². The van der Waals surface area contributed by atoms with Crippen molar-refractivity contribution < 1.29 is 5.21 Å². The highest BCUT2D eigenvalue weighted by molar-refractivity contribution is 9.10. The molecule has 0 heterocycles. The van der Waals surface area contributed by atoms with Crippen LogP contribution in [0, 0.1) is 0 Å². The summed E-state index contributed by atoms with van der Waals surface area (Å²) in [6.45, 7) is 3.50. The van der Waals surface area contributed by atoms with E-state index >= 15 is 0 Å². The summed E-state index contributed by atoms with van der Waals surface area (Å²) in [5.41, 5.74) is 1.24. The van der Waals surface area contributed by atoms with E-state index in [1.54, 1.807) is 0 Å². The number of benzene rings is 1. The Morgan fingerprint density at radius 3 is 2.79 bits per heavy atom. The van der Waals surface area contributed by atoms with Crippen molar-refractivity contribution >= 4 is 15.9 Å². The van der Waals surface area contributed by atoms with Crippen LogP contribution in [0.3, 0.4) is 0 Å². The summed E-state index contributed by atoms with van der Waals surface area (Å²) in [6.07, 6.45) is 1.87. The van der Waals surface area contributed by atoms with Crippen molar-refractivity contribution in [1.82, 2.24) is 5.06 Å². The number of hydrogen-bond donors (Lipinski definition) is 1. The fourth-order valence-corrected chi connectivity index (χ4v) is 1.77. The number of nitrogens with zero attached hydrogens (tertiary/aromatic N) is 1. The molecule has 0 aromatic heterocycles. The fraction of sp³-hybridized carbons (Fsp3) is 0.455. The molecule has 0 unspecified atom stereocenters. The summed E-state index contributed by atoms with van der Waals surface area (Å²) < 4.78 is 1.09. The van der Waals surface area contributed by atoms with Crippen LogP contribution in [0.4, 0.5) is 0 Å². The van der Waals surface area contributed by atoms with E-state index in [0.29, 0.717) is 6.54 Å². The van der Waals surface area contributed by atoms with Crippen molar-refractivity contribution in [1.29, 1.82) is 0 Å². The molecule has 14 heavy (non-hydrogen) atoms. The average Bonchev–Trinajstić information content (AvgIpc) is 2.15. The van der Waals surface area contributed by atoms with Crippen molar-refractivity contribution in [2.75, 3.05) is 13.1 Å². The minimum atomic E-state index is 0.699. The maximum Gasteiger partial charge on any atom is 0.0278 e. The summed E-state index contributed by atoms with van der Waals surface area (Å²) in [6, 6.07) is 8.18. The van der Waals surface area contributed by atoms with Gasteiger partial charge in [0, 0.05) is 17.6 Å². The summed E-state index contributed by atoms with van der Waals surface area (Å²) >= 11 is 3.42. The van der Waals surface area contributed by atoms with Gasteiger partial charge in [-0.25, -0.2) is 0 Å². The highest BCUT2D eigenvalue weighted by Crippen LogP contribution is 2.12. The summed E-state index contributed by atoms with van der Waals surface area (Å²) in [5, 5.41) is 10.8. The van der Waals surface area contributed by atoms with Crippen molar-refractivity contribution in [3.05, 3.63) is 34.3 Å². The van der Waals surface area contributed by atoms with Gasteiger partial charge in [-0.15, -0.1) is 0 Å². The number of halogens is 1. The standard InChI is InChI=1S/C11H16BrNO/c1-2-7-13(14)8-6-10-4-3-5-11(12)9-10/h3-5,9,14H,2,6-8H2,1H3. The zero-order chi connectivity index (χ0) is 10.4. The zero-order valence-corrected chi connectivity index (χ0v) is 10.00. The monoisotopic (exact) mass is 257 g/mol. The van der Waals surface area contributed by atoms with Crippen LogP contribution < -0.4 is 0 Å². The molecule has 2 nitrogen and oxygen atoms in total. The van der Waals surface area contributed by atoms with Crippen LogP contribution in [0.1, 0.15) is 18.9 Å². The quantitative estimate of drug-likeness (QED) is 0.820. The molecule has 0 spiro atoms. The van der Waals surface area contributed by atoms with Gasteiger partial charge in [-0.1, -0.05) is 35.0 Å². The second-order valence-electron chi connectivity index (χ2n) is 3.33. The third-order valence-corrected chi connectivity index (χ3v) is 2.52. The van der Waals surface area contributed by atoms with Crippen LogP contribution in [-0.4, -0.2) is 23.4 Å². The second kappa shape index (κ2) is 6.17. The van der Waals surface area contributed by atoms with E-state index in [0.717, 1.165) is 23.9 Å². The molecule has 1 aromatic rings. The van der Waals surface area contributed by atoms with E-state index in [4.69, 9.17) is 0 Å². The van der Waals surface area contributed by atoms with Crippen molar-refractivity contribution in [2.45, 2.75) is 19.8 Å². The maximum absolute atomic E-state index is 9.40. The third-order valence-electron chi connectivity index (χ3n) is 2.03. The van der Waals surface area contributed by atoms with Crippen molar-refractivity contribution in [3.8, 4) is 0 Å². The van der Waals surface area contributed by atoms with Gasteiger partial charge in [0.05, 0.1) is 0 Å². The topological polar surface area (TPSA) is 23.5 Å². The van der Waals surface area contributed by atoms with Crippen LogP contribution in [0.25, 0.3) is 0 Å². The first-order valence-electron chi connectivity index (χ1n) is 4.90. The molecule has 0 aliphatic rings. The molecule has 0 aliphatic carbocycles. The van der Waals surface area contributed by atoms with Gasteiger partial charge in [0.2, 0.25) is 0 Å². The predicted molar refractivity (Wildman–Crippen MR) is 61.5 cm³/mol. The van der Waals surface area contributed by atoms with E-state index in [1.165, 1.54) is 10.6 Å². The molecule has 0 aliphatic heterocycles. The Morgan fingerprint density at radius 2 is 2.14 bits per heavy atom. The summed E-state index contributed by atoms with van der Waals surface area (Å²) in [4.78, 5) is 0. The molecular formula is C11H16BrNO. The molecule has 0 saturated carbocycles. The third kappa shape index (κ3) is 4.22. The van der Waals surface area contributed by atoms with Gasteiger partial charge >= 0.3 is 0 Å². The minimum absolute atomic E-state index is 0.699. The highest BCUT2D eigenvalue weighted by Gasteiger charge is 1.99. The van der Waals surface area contributed by atoms with Crippen LogP contribution in [-0.2, 0) is 6.42 Å². The lowest BCUT2D eigenvalue weighted by Crippen LogP contribution is -2.22. The van der Waals surface area contributed by atoms with Crippen LogP contribution in [0.15, 0.2) is 28.7 Å². The van der Waals surface area contributed by atoms with E-state index in [-0.39, 0.29) is 0 Å². The molecular weight excluding hydrogens is 242 g/mol. The van der Waals surface area contributed by atoms with Gasteiger partial charge in [-0.3, -0.25) is 0 Å². The molecule has 0 bridgehead atoms. The molecule has 1 aromatic carbocycles. The number of hydroxylamine groups is 2. The Kier molecular flexibility index (Phi) is 5.15. The van der Waals surface area contributed by atoms with Crippen LogP contribution in [0.2, 0.25) is 0 Å². The molecule has 3 heteroatoms. The molecule has 78 valence electrons. The normalized spacial score (nSPS) is 10.9. The van der Waals surface area contributed by atoms with E-state index in [2.05, 4.69) is 35.0 Å². The lowest BCUT2D eigenvalue weighted by atomic mass is 10.1. The molecule has 0 amide bonds. The van der Waals surface area contributed by atoms with Crippen LogP contribution >= 0.6 is 15.9 Å². The first-order chi connectivity index (χ1) is 6.72. The Hall–Kier alpha value is -0.380. The van der Waals surface area contributed by atoms with Crippen molar-refractivity contribution in [2.24, 2.45) is 0 Å². The van der Waals surface area contributed by atoms with E-state index in [9.17, 15) is 5.21 Å². The molecule has 0 fully saturated rings. The maximum atomic E-state index is 9.40. The van der Waals surface area contributed by atoms with Gasteiger partial charge in [0.25, 0.3) is 0 Å². The minimum Gasteiger partial charge on any atom is -0.314 e. The van der Waals surface area contributed by atoms with E-state index in [1.807, 2.05) is 12.1 Å². The first-order valence-corrected chi connectivity index (χ1v) is 5.70. The Bertz CT molecular complexity index is 278. The largest absolute Gasteiger partial charge is 0.314 e. The second-order valence-corrected chi connectivity index (χ2v) is 4.25. The average molecular weight is 258 g/mol. The van der Waals surface area contributed by atoms with Crippen molar-refractivity contribution in [3.63, 3.8) is 0 Å². The van der Waals surface area contributed by atoms with Crippen LogP contribution in [0.5, 0.6) is 0 Å². The molecule has 1 rings (SSSR count). The predicted octanol–water partition coefficient (Wildman–Crippen LogP) is 3.09. The fourth-order valence-electron chi connectivity index (χ4n) is 1.32. The summed E-state index contributed by atoms with van der Waals surface area (Å²) in [7, 11) is 0. The van der Waals surface area contributed by atoms with E-state index < -0.39 is 0 Å². The van der Waals surface area contributed by atoms with Gasteiger partial charge < -0.3 is 5.21 Å². The first kappa shape index (κ1) is 11.7. The number of rotatable bonds is 5. The Balaban J connectivity index is 2.37. The lowest BCUT2D eigenvalue weighted by Gasteiger charge is -2.13. The zero-order valence-electron chi connectivity index (χ0n) is 8.41.